The van der Waals surface area contributed by atoms with Crippen molar-refractivity contribution in [2.75, 3.05) is 19.7 Å². The zero-order valence-corrected chi connectivity index (χ0v) is 20.3. The lowest BCUT2D eigenvalue weighted by atomic mass is 9.93. The van der Waals surface area contributed by atoms with Crippen LogP contribution in [0.5, 0.6) is 5.88 Å². The van der Waals surface area contributed by atoms with Crippen LogP contribution in [0.15, 0.2) is 36.8 Å². The van der Waals surface area contributed by atoms with Crippen LogP contribution in [-0.4, -0.2) is 58.7 Å². The topological polar surface area (TPSA) is 84.4 Å². The Morgan fingerprint density at radius 2 is 1.89 bits per heavy atom. The van der Waals surface area contributed by atoms with Gasteiger partial charge in [-0.2, -0.15) is 8.78 Å². The maximum absolute atomic E-state index is 13.2. The van der Waals surface area contributed by atoms with Crippen molar-refractivity contribution in [1.29, 1.82) is 0 Å². The van der Waals surface area contributed by atoms with Gasteiger partial charge in [-0.25, -0.2) is 13.8 Å². The normalized spacial score (nSPS) is 12.9. The first-order chi connectivity index (χ1) is 16.2. The maximum Gasteiger partial charge on any atom is 0.340 e. The molecule has 1 unspecified atom stereocenters. The van der Waals surface area contributed by atoms with Crippen LogP contribution in [0.2, 0.25) is 0 Å². The van der Waals surface area contributed by atoms with Crippen LogP contribution in [0.25, 0.3) is 0 Å². The Labute approximate surface area is 201 Å². The second-order valence-electron chi connectivity index (χ2n) is 9.16. The molecular formula is C24H30F4N4O3. The fourth-order valence-electron chi connectivity index (χ4n) is 3.16. The van der Waals surface area contributed by atoms with Crippen molar-refractivity contribution < 1.29 is 31.9 Å². The number of rotatable bonds is 10. The predicted octanol–water partition coefficient (Wildman–Crippen LogP) is 4.43. The van der Waals surface area contributed by atoms with Gasteiger partial charge in [-0.05, 0) is 37.6 Å². The lowest BCUT2D eigenvalue weighted by molar-refractivity contribution is -0.148. The van der Waals surface area contributed by atoms with Crippen LogP contribution in [0.1, 0.15) is 55.2 Å². The summed E-state index contributed by atoms with van der Waals surface area (Å²) in [6, 6.07) is 4.38. The Morgan fingerprint density at radius 1 is 1.20 bits per heavy atom. The second-order valence-corrected chi connectivity index (χ2v) is 9.16. The number of halogens is 4. The average molecular weight is 499 g/mol. The molecule has 1 N–H and O–H groups in total. The highest BCUT2D eigenvalue weighted by Crippen LogP contribution is 2.29. The molecule has 0 saturated carbocycles. The van der Waals surface area contributed by atoms with Crippen LogP contribution in [0.4, 0.5) is 17.6 Å². The Hall–Kier alpha value is -3.24. The summed E-state index contributed by atoms with van der Waals surface area (Å²) in [6.07, 6.45) is 0.493. The summed E-state index contributed by atoms with van der Waals surface area (Å²) in [6.45, 7) is 7.50. The number of pyridine rings is 2. The van der Waals surface area contributed by atoms with Gasteiger partial charge in [0.25, 0.3) is 5.91 Å². The van der Waals surface area contributed by atoms with E-state index in [1.165, 1.54) is 12.4 Å². The van der Waals surface area contributed by atoms with Gasteiger partial charge in [0.2, 0.25) is 11.8 Å². The number of amides is 2. The molecule has 0 aliphatic heterocycles. The van der Waals surface area contributed by atoms with E-state index in [1.54, 1.807) is 63.9 Å². The summed E-state index contributed by atoms with van der Waals surface area (Å²) in [4.78, 5) is 35.0. The fraction of sp³-hybridized carbons (Fsp3) is 0.500. The molecule has 7 nitrogen and oxygen atoms in total. The van der Waals surface area contributed by atoms with E-state index in [9.17, 15) is 27.2 Å². The smallest absolute Gasteiger partial charge is 0.340 e. The summed E-state index contributed by atoms with van der Waals surface area (Å²) in [5.74, 6) is -4.99. The highest BCUT2D eigenvalue weighted by molar-refractivity contribution is 5.93. The number of carbonyl (C=O) groups is 2. The highest BCUT2D eigenvalue weighted by atomic mass is 19.3. The van der Waals surface area contributed by atoms with Gasteiger partial charge in [0.15, 0.2) is 6.61 Å². The number of hydrogen-bond donors (Lipinski definition) is 1. The molecule has 0 aliphatic carbocycles. The minimum absolute atomic E-state index is 0.171. The number of aromatic nitrogens is 2. The van der Waals surface area contributed by atoms with Gasteiger partial charge in [-0.15, -0.1) is 0 Å². The minimum Gasteiger partial charge on any atom is -0.471 e. The molecule has 2 amide bonds. The molecule has 0 fully saturated rings. The predicted molar refractivity (Wildman–Crippen MR) is 122 cm³/mol. The van der Waals surface area contributed by atoms with Crippen LogP contribution < -0.4 is 10.1 Å². The summed E-state index contributed by atoms with van der Waals surface area (Å²) >= 11 is 0. The van der Waals surface area contributed by atoms with E-state index in [-0.39, 0.29) is 30.8 Å². The van der Waals surface area contributed by atoms with Crippen molar-refractivity contribution in [2.24, 2.45) is 5.41 Å². The third-order valence-electron chi connectivity index (χ3n) is 5.19. The first kappa shape index (κ1) is 28.0. The Kier molecular flexibility index (Phi) is 9.17. The zero-order chi connectivity index (χ0) is 26.4. The van der Waals surface area contributed by atoms with Crippen molar-refractivity contribution in [2.45, 2.75) is 53.0 Å². The number of nitrogens with one attached hydrogen (secondary N) is 1. The van der Waals surface area contributed by atoms with Crippen molar-refractivity contribution in [1.82, 2.24) is 20.2 Å². The van der Waals surface area contributed by atoms with Gasteiger partial charge in [-0.1, -0.05) is 20.8 Å². The van der Waals surface area contributed by atoms with Crippen molar-refractivity contribution in [3.8, 4) is 5.88 Å². The molecule has 2 heterocycles. The van der Waals surface area contributed by atoms with Crippen LogP contribution >= 0.6 is 0 Å². The van der Waals surface area contributed by atoms with Gasteiger partial charge in [0.05, 0.1) is 11.6 Å². The van der Waals surface area contributed by atoms with E-state index >= 15 is 0 Å². The van der Waals surface area contributed by atoms with Crippen LogP contribution in [-0.2, 0) is 4.79 Å². The molecule has 2 aromatic rings. The first-order valence-electron chi connectivity index (χ1n) is 11.0. The fourth-order valence-corrected chi connectivity index (χ4v) is 3.16. The molecule has 2 aromatic heterocycles. The molecule has 0 aliphatic rings. The molecule has 0 spiro atoms. The van der Waals surface area contributed by atoms with E-state index in [0.29, 0.717) is 16.7 Å². The third kappa shape index (κ3) is 7.63. The minimum atomic E-state index is -4.30. The highest BCUT2D eigenvalue weighted by Gasteiger charge is 2.42. The molecule has 192 valence electrons. The van der Waals surface area contributed by atoms with E-state index in [1.807, 2.05) is 0 Å². The second kappa shape index (κ2) is 11.5. The van der Waals surface area contributed by atoms with E-state index < -0.39 is 30.4 Å². The number of ether oxygens (including phenoxy) is 1. The summed E-state index contributed by atoms with van der Waals surface area (Å²) in [5, 5.41) is 2.76. The van der Waals surface area contributed by atoms with Crippen molar-refractivity contribution in [3.05, 3.63) is 53.5 Å². The standard InChI is InChI=1S/C24H30F4N4O3/c1-15-11-18(13-31-20(15)35-14-24(27,28)21(25)26)16(2)32(22(34)23(3,4)5)10-9-30-19(33)17-7-6-8-29-12-17/h6-8,11-13,16,21H,9-10,14H2,1-5H3,(H,30,33). The Bertz CT molecular complexity index is 1010. The van der Waals surface area contributed by atoms with Gasteiger partial charge < -0.3 is 15.0 Å². The quantitative estimate of drug-likeness (QED) is 0.490. The molecule has 0 aromatic carbocycles. The zero-order valence-electron chi connectivity index (χ0n) is 20.3. The molecule has 11 heteroatoms. The van der Waals surface area contributed by atoms with Gasteiger partial charge >= 0.3 is 12.3 Å². The lowest BCUT2D eigenvalue weighted by Crippen LogP contribution is -2.45. The van der Waals surface area contributed by atoms with E-state index in [0.717, 1.165) is 0 Å². The molecule has 35 heavy (non-hydrogen) atoms. The van der Waals surface area contributed by atoms with Gasteiger partial charge in [-0.3, -0.25) is 14.6 Å². The molecule has 0 bridgehead atoms. The maximum atomic E-state index is 13.2. The molecule has 1 atom stereocenters. The molecule has 2 rings (SSSR count). The lowest BCUT2D eigenvalue weighted by Gasteiger charge is -2.34. The van der Waals surface area contributed by atoms with E-state index in [4.69, 9.17) is 4.74 Å². The largest absolute Gasteiger partial charge is 0.471 e. The summed E-state index contributed by atoms with van der Waals surface area (Å²) < 4.78 is 55.9. The monoisotopic (exact) mass is 498 g/mol. The van der Waals surface area contributed by atoms with E-state index in [2.05, 4.69) is 15.3 Å². The summed E-state index contributed by atoms with van der Waals surface area (Å²) in [7, 11) is 0. The van der Waals surface area contributed by atoms with Crippen LogP contribution in [0, 0.1) is 12.3 Å². The number of carbonyl (C=O) groups excluding carboxylic acids is 2. The van der Waals surface area contributed by atoms with Gasteiger partial charge in [0, 0.05) is 42.7 Å². The molecular weight excluding hydrogens is 468 g/mol. The number of alkyl halides is 4. The van der Waals surface area contributed by atoms with Crippen molar-refractivity contribution in [3.63, 3.8) is 0 Å². The van der Waals surface area contributed by atoms with Crippen LogP contribution in [0.3, 0.4) is 0 Å². The first-order valence-corrected chi connectivity index (χ1v) is 11.0. The number of hydrogen-bond acceptors (Lipinski definition) is 5. The Morgan fingerprint density at radius 3 is 2.43 bits per heavy atom. The average Bonchev–Trinajstić information content (AvgIpc) is 2.80. The third-order valence-corrected chi connectivity index (χ3v) is 5.19. The molecule has 0 radical (unpaired) electrons. The SMILES string of the molecule is Cc1cc(C(C)N(CCNC(=O)c2cccnc2)C(=O)C(C)(C)C)cnc1OCC(F)(F)C(F)F. The number of nitrogens with zero attached hydrogens (tertiary/aromatic N) is 3. The van der Waals surface area contributed by atoms with Crippen molar-refractivity contribution >= 4 is 11.8 Å². The van der Waals surface area contributed by atoms with Gasteiger partial charge in [0.1, 0.15) is 0 Å². The summed E-state index contributed by atoms with van der Waals surface area (Å²) in [5.41, 5.74) is 0.620. The molecule has 0 saturated heterocycles. The Balaban J connectivity index is 2.15. The number of aryl methyl sites for hydroxylation is 1.